The van der Waals surface area contributed by atoms with Crippen molar-refractivity contribution in [3.63, 3.8) is 0 Å². The summed E-state index contributed by atoms with van der Waals surface area (Å²) >= 11 is 34.4. The van der Waals surface area contributed by atoms with Crippen LogP contribution in [-0.2, 0) is 25.5 Å². The van der Waals surface area contributed by atoms with E-state index in [1.54, 1.807) is 0 Å². The summed E-state index contributed by atoms with van der Waals surface area (Å²) < 4.78 is 21.0. The third kappa shape index (κ3) is 17.9. The monoisotopic (exact) mass is 879 g/mol. The van der Waals surface area contributed by atoms with Crippen LogP contribution in [0, 0.1) is 0 Å². The molecule has 2 aliphatic rings. The van der Waals surface area contributed by atoms with E-state index < -0.39 is 33.4 Å². The number of alkyl halides is 6. The summed E-state index contributed by atoms with van der Waals surface area (Å²) in [5, 5.41) is 0. The van der Waals surface area contributed by atoms with Crippen LogP contribution in [0.3, 0.4) is 0 Å². The van der Waals surface area contributed by atoms with Gasteiger partial charge in [0, 0.05) is 48.4 Å². The van der Waals surface area contributed by atoms with Crippen molar-refractivity contribution in [3.05, 3.63) is 0 Å². The molecular weight excluding hydrogens is 845 g/mol. The molecule has 2 unspecified atom stereocenters. The van der Waals surface area contributed by atoms with Gasteiger partial charge in [0.25, 0.3) is 16.9 Å². The van der Waals surface area contributed by atoms with E-state index in [9.17, 15) is 0 Å². The summed E-state index contributed by atoms with van der Waals surface area (Å²) in [6, 6.07) is 0. The van der Waals surface area contributed by atoms with E-state index in [1.165, 1.54) is 0 Å². The van der Waals surface area contributed by atoms with E-state index >= 15 is 0 Å². The molecule has 0 aliphatic carbocycles. The molecular formula is C18H38Cl8N4O2P2Pt+2. The number of nitrogens with zero attached hydrogens (tertiary/aromatic N) is 4. The van der Waals surface area contributed by atoms with Crippen molar-refractivity contribution in [2.45, 2.75) is 12.8 Å². The van der Waals surface area contributed by atoms with Crippen LogP contribution in [0.25, 0.3) is 0 Å². The van der Waals surface area contributed by atoms with Crippen LogP contribution in [-0.4, -0.2) is 120 Å². The van der Waals surface area contributed by atoms with E-state index in [2.05, 4.69) is 18.7 Å². The van der Waals surface area contributed by atoms with Crippen LogP contribution < -0.4 is 0 Å². The fraction of sp³-hybridized carbons (Fsp3) is 1.00. The first-order chi connectivity index (χ1) is 17.1. The molecule has 17 heteroatoms. The van der Waals surface area contributed by atoms with E-state index in [0.29, 0.717) is 35.3 Å². The Morgan fingerprint density at radius 3 is 1.17 bits per heavy atom. The minimum atomic E-state index is -1.10. The molecule has 2 heterocycles. The second-order valence-electron chi connectivity index (χ2n) is 7.10. The maximum absolute atomic E-state index is 5.89. The standard InChI is InChI=1S/2C9H18Cl3N2OP.2ClH.Pt/c2*10-2-6-13-5-1-9-15-16(13)14(7-3-11)8-4-12;;;/h2*1-9H2;2*1H;/q;;;;+2. The summed E-state index contributed by atoms with van der Waals surface area (Å²) in [6.45, 7) is 8.94. The van der Waals surface area contributed by atoms with E-state index in [4.69, 9.17) is 97.5 Å². The molecule has 6 nitrogen and oxygen atoms in total. The first kappa shape index (κ1) is 38.6. The topological polar surface area (TPSA) is 31.4 Å². The molecule has 2 rings (SSSR count). The molecule has 35 heavy (non-hydrogen) atoms. The van der Waals surface area contributed by atoms with Gasteiger partial charge in [-0.1, -0.05) is 0 Å². The van der Waals surface area contributed by atoms with Gasteiger partial charge in [-0.3, -0.25) is 0 Å². The normalized spacial score (nSPS) is 21.5. The predicted octanol–water partition coefficient (Wildman–Crippen LogP) is 6.75. The Labute approximate surface area is 261 Å². The first-order valence-electron chi connectivity index (χ1n) is 11.3. The molecule has 0 radical (unpaired) electrons. The zero-order chi connectivity index (χ0) is 26.3. The predicted molar refractivity (Wildman–Crippen MR) is 160 cm³/mol. The van der Waals surface area contributed by atoms with Crippen LogP contribution in [0.4, 0.5) is 0 Å². The minimum absolute atomic E-state index is 0.472. The van der Waals surface area contributed by atoms with Gasteiger partial charge in [-0.05, 0) is 12.8 Å². The van der Waals surface area contributed by atoms with Gasteiger partial charge < -0.3 is 0 Å². The molecule has 216 valence electrons. The van der Waals surface area contributed by atoms with Gasteiger partial charge in [-0.2, -0.15) is 0 Å². The number of halogens is 8. The fourth-order valence-electron chi connectivity index (χ4n) is 3.43. The van der Waals surface area contributed by atoms with Gasteiger partial charge in [0.15, 0.2) is 0 Å². The van der Waals surface area contributed by atoms with Crippen molar-refractivity contribution in [1.29, 1.82) is 0 Å². The average Bonchev–Trinajstić information content (AvgIpc) is 2.86. The maximum atomic E-state index is 5.89. The Balaban J connectivity index is 0.000000594. The van der Waals surface area contributed by atoms with Crippen LogP contribution in [0.2, 0.25) is 0 Å². The number of hydrogen-bond acceptors (Lipinski definition) is 6. The molecule has 2 saturated heterocycles. The van der Waals surface area contributed by atoms with Gasteiger partial charge in [-0.25, -0.2) is 9.05 Å². The van der Waals surface area contributed by atoms with Gasteiger partial charge >= 0.3 is 35.3 Å². The van der Waals surface area contributed by atoms with Gasteiger partial charge in [-0.15, -0.1) is 88.3 Å². The number of rotatable bonds is 14. The zero-order valence-corrected chi connectivity index (χ0v) is 30.0. The molecule has 0 bridgehead atoms. The SMILES string of the molecule is ClCCN(CCCl)[PH+]1OCCCN1CCCl.ClCCN(CCCl)[PH+]1OCCCN1CCCl.[Cl][Pt][Cl]. The second kappa shape index (κ2) is 27.8. The van der Waals surface area contributed by atoms with Crippen molar-refractivity contribution < 1.29 is 25.5 Å². The molecule has 0 aromatic carbocycles. The molecule has 2 aliphatic heterocycles. The van der Waals surface area contributed by atoms with Crippen molar-refractivity contribution in [2.75, 3.05) is 101 Å². The molecule has 2 atom stereocenters. The summed E-state index contributed by atoms with van der Waals surface area (Å²) in [6.07, 6.45) is 2.17. The Bertz CT molecular complexity index is 427. The molecule has 0 N–H and O–H groups in total. The molecule has 0 saturated carbocycles. The average molecular weight is 883 g/mol. The van der Waals surface area contributed by atoms with Crippen molar-refractivity contribution in [1.82, 2.24) is 18.7 Å². The number of hydrogen-bond donors (Lipinski definition) is 0. The van der Waals surface area contributed by atoms with E-state index in [-0.39, 0.29) is 0 Å². The van der Waals surface area contributed by atoms with E-state index in [1.807, 2.05) is 0 Å². The van der Waals surface area contributed by atoms with Crippen LogP contribution in [0.5, 0.6) is 0 Å². The fourth-order valence-corrected chi connectivity index (χ4v) is 10.2. The van der Waals surface area contributed by atoms with Gasteiger partial charge in [0.05, 0.1) is 52.5 Å². The molecule has 0 amide bonds. The Morgan fingerprint density at radius 2 is 0.914 bits per heavy atom. The Morgan fingerprint density at radius 1 is 0.600 bits per heavy atom. The van der Waals surface area contributed by atoms with Crippen molar-refractivity contribution >= 4 is 105 Å². The van der Waals surface area contributed by atoms with Crippen molar-refractivity contribution in [3.8, 4) is 0 Å². The zero-order valence-electron chi connectivity index (χ0n) is 19.7. The Hall–Kier alpha value is 3.63. The second-order valence-corrected chi connectivity index (χ2v) is 16.9. The molecule has 0 spiro atoms. The summed E-state index contributed by atoms with van der Waals surface area (Å²) in [7, 11) is 7.55. The molecule has 0 aromatic rings. The van der Waals surface area contributed by atoms with E-state index in [0.717, 1.165) is 78.4 Å². The third-order valence-corrected chi connectivity index (χ3v) is 10.7. The van der Waals surface area contributed by atoms with Gasteiger partial charge in [0.1, 0.15) is 0 Å². The van der Waals surface area contributed by atoms with Crippen LogP contribution >= 0.6 is 105 Å². The third-order valence-electron chi connectivity index (χ3n) is 4.82. The summed E-state index contributed by atoms with van der Waals surface area (Å²) in [4.78, 5) is 0. The molecule has 2 fully saturated rings. The Kier molecular flexibility index (Phi) is 30.7. The quantitative estimate of drug-likeness (QED) is 0.142. The summed E-state index contributed by atoms with van der Waals surface area (Å²) in [5.74, 6) is 3.75. The first-order valence-corrected chi connectivity index (χ1v) is 22.7. The van der Waals surface area contributed by atoms with Crippen molar-refractivity contribution in [2.24, 2.45) is 0 Å². The molecule has 0 aromatic heterocycles. The van der Waals surface area contributed by atoms with Gasteiger partial charge in [0.2, 0.25) is 0 Å². The van der Waals surface area contributed by atoms with Crippen LogP contribution in [0.1, 0.15) is 12.8 Å². The van der Waals surface area contributed by atoms with Crippen LogP contribution in [0.15, 0.2) is 0 Å². The summed E-state index contributed by atoms with van der Waals surface area (Å²) in [5.41, 5.74) is 0.